The van der Waals surface area contributed by atoms with Crippen LogP contribution in [0.5, 0.6) is 0 Å². The van der Waals surface area contributed by atoms with Crippen LogP contribution in [-0.2, 0) is 0 Å². The molecule has 1 nitrogen and oxygen atoms in total. The van der Waals surface area contributed by atoms with E-state index < -0.39 is 0 Å². The first kappa shape index (κ1) is 11.3. The van der Waals surface area contributed by atoms with E-state index in [1.165, 1.54) is 0 Å². The third kappa shape index (κ3) is 4.70. The van der Waals surface area contributed by atoms with E-state index >= 15 is 0 Å². The van der Waals surface area contributed by atoms with Crippen LogP contribution in [0, 0.1) is 11.8 Å². The van der Waals surface area contributed by atoms with Crippen molar-refractivity contribution in [2.45, 2.75) is 45.5 Å². The molecule has 0 saturated carbocycles. The fraction of sp³-hybridized carbons (Fsp3) is 1.00. The predicted octanol–water partition coefficient (Wildman–Crippen LogP) is 2.35. The van der Waals surface area contributed by atoms with Crippen LogP contribution in [0.2, 0.25) is 0 Å². The maximum absolute atomic E-state index is 9.58. The van der Waals surface area contributed by atoms with Gasteiger partial charge in [-0.05, 0) is 18.3 Å². The molecule has 0 rings (SSSR count). The summed E-state index contributed by atoms with van der Waals surface area (Å²) in [5.74, 6) is 1.01. The topological polar surface area (TPSA) is 20.2 Å². The normalized spacial score (nSPS) is 17.5. The van der Waals surface area contributed by atoms with E-state index in [0.717, 1.165) is 6.42 Å². The Kier molecular flexibility index (Phi) is 5.19. The minimum absolute atomic E-state index is 0.123. The highest BCUT2D eigenvalue weighted by molar-refractivity contribution is 7.81. The van der Waals surface area contributed by atoms with Gasteiger partial charge in [-0.1, -0.05) is 27.7 Å². The quantitative estimate of drug-likeness (QED) is 0.630. The van der Waals surface area contributed by atoms with Crippen LogP contribution in [0.15, 0.2) is 0 Å². The third-order valence-electron chi connectivity index (χ3n) is 1.79. The Hall–Kier alpha value is 0.310. The van der Waals surface area contributed by atoms with Gasteiger partial charge in [-0.3, -0.25) is 0 Å². The molecule has 68 valence electrons. The van der Waals surface area contributed by atoms with Crippen LogP contribution in [0.1, 0.15) is 34.1 Å². The molecule has 0 aliphatic carbocycles. The first-order valence-electron chi connectivity index (χ1n) is 4.31. The summed E-state index contributed by atoms with van der Waals surface area (Å²) >= 11 is 4.34. The molecule has 0 heterocycles. The van der Waals surface area contributed by atoms with E-state index in [0.29, 0.717) is 11.8 Å². The van der Waals surface area contributed by atoms with E-state index in [9.17, 15) is 5.11 Å². The molecule has 0 spiro atoms. The maximum atomic E-state index is 9.58. The monoisotopic (exact) mass is 176 g/mol. The van der Waals surface area contributed by atoms with Crippen LogP contribution in [0.25, 0.3) is 0 Å². The van der Waals surface area contributed by atoms with Crippen LogP contribution >= 0.6 is 12.6 Å². The third-order valence-corrected chi connectivity index (χ3v) is 2.73. The van der Waals surface area contributed by atoms with Crippen molar-refractivity contribution in [2.75, 3.05) is 0 Å². The van der Waals surface area contributed by atoms with Crippen LogP contribution in [-0.4, -0.2) is 16.5 Å². The lowest BCUT2D eigenvalue weighted by Gasteiger charge is -2.22. The van der Waals surface area contributed by atoms with Gasteiger partial charge in [0.15, 0.2) is 0 Å². The molecule has 0 saturated heterocycles. The number of thiol groups is 1. The number of hydrogen-bond acceptors (Lipinski definition) is 2. The zero-order valence-corrected chi connectivity index (χ0v) is 8.81. The first-order valence-corrected chi connectivity index (χ1v) is 4.83. The molecule has 11 heavy (non-hydrogen) atoms. The average molecular weight is 176 g/mol. The van der Waals surface area contributed by atoms with Crippen LogP contribution < -0.4 is 0 Å². The lowest BCUT2D eigenvalue weighted by molar-refractivity contribution is 0.133. The highest BCUT2D eigenvalue weighted by atomic mass is 32.1. The van der Waals surface area contributed by atoms with Crippen molar-refractivity contribution in [3.8, 4) is 0 Å². The second-order valence-corrected chi connectivity index (χ2v) is 4.53. The Labute approximate surface area is 75.6 Å². The Morgan fingerprint density at radius 3 is 1.91 bits per heavy atom. The summed E-state index contributed by atoms with van der Waals surface area (Å²) in [6.45, 7) is 8.40. The summed E-state index contributed by atoms with van der Waals surface area (Å²) in [6, 6.07) is 0. The molecule has 0 aliphatic heterocycles. The Balaban J connectivity index is 3.73. The standard InChI is InChI=1S/C9H20OS/c1-6(2)5-8(10)9(11)7(3)4/h6-11H,5H2,1-4H3. The van der Waals surface area contributed by atoms with Gasteiger partial charge in [0, 0.05) is 5.25 Å². The van der Waals surface area contributed by atoms with Crippen molar-refractivity contribution < 1.29 is 5.11 Å². The summed E-state index contributed by atoms with van der Waals surface area (Å²) in [5.41, 5.74) is 0. The van der Waals surface area contributed by atoms with E-state index in [4.69, 9.17) is 0 Å². The summed E-state index contributed by atoms with van der Waals surface area (Å²) in [4.78, 5) is 0. The number of hydrogen-bond donors (Lipinski definition) is 2. The summed E-state index contributed by atoms with van der Waals surface area (Å²) in [7, 11) is 0. The van der Waals surface area contributed by atoms with Crippen molar-refractivity contribution in [2.24, 2.45) is 11.8 Å². The molecule has 0 aromatic rings. The molecule has 0 bridgehead atoms. The van der Waals surface area contributed by atoms with Crippen molar-refractivity contribution >= 4 is 12.6 Å². The number of rotatable bonds is 4. The first-order chi connectivity index (χ1) is 4.95. The zero-order chi connectivity index (χ0) is 9.02. The molecule has 0 aromatic heterocycles. The largest absolute Gasteiger partial charge is 0.392 e. The fourth-order valence-electron chi connectivity index (χ4n) is 1.07. The van der Waals surface area contributed by atoms with Crippen molar-refractivity contribution in [3.63, 3.8) is 0 Å². The van der Waals surface area contributed by atoms with Gasteiger partial charge in [-0.25, -0.2) is 0 Å². The van der Waals surface area contributed by atoms with Gasteiger partial charge in [-0.2, -0.15) is 12.6 Å². The molecule has 2 atom stereocenters. The van der Waals surface area contributed by atoms with E-state index in [1.54, 1.807) is 0 Å². The Morgan fingerprint density at radius 1 is 1.18 bits per heavy atom. The van der Waals surface area contributed by atoms with Crippen LogP contribution in [0.4, 0.5) is 0 Å². The summed E-state index contributed by atoms with van der Waals surface area (Å²) in [6.07, 6.45) is 0.602. The highest BCUT2D eigenvalue weighted by Crippen LogP contribution is 2.18. The fourth-order valence-corrected chi connectivity index (χ4v) is 1.19. The molecule has 0 fully saturated rings. The second-order valence-electron chi connectivity index (χ2n) is 3.93. The molecule has 1 N–H and O–H groups in total. The molecular weight excluding hydrogens is 156 g/mol. The lowest BCUT2D eigenvalue weighted by Crippen LogP contribution is -2.27. The van der Waals surface area contributed by atoms with Gasteiger partial charge < -0.3 is 5.11 Å². The molecule has 0 aliphatic rings. The number of aliphatic hydroxyl groups is 1. The predicted molar refractivity (Wildman–Crippen MR) is 53.1 cm³/mol. The molecule has 0 amide bonds. The average Bonchev–Trinajstić information content (AvgIpc) is 1.84. The van der Waals surface area contributed by atoms with E-state index in [2.05, 4.69) is 40.3 Å². The van der Waals surface area contributed by atoms with Gasteiger partial charge in [0.1, 0.15) is 0 Å². The van der Waals surface area contributed by atoms with Crippen molar-refractivity contribution in [1.82, 2.24) is 0 Å². The van der Waals surface area contributed by atoms with E-state index in [-0.39, 0.29) is 11.4 Å². The molecular formula is C9H20OS. The molecule has 2 heteroatoms. The van der Waals surface area contributed by atoms with Gasteiger partial charge in [0.2, 0.25) is 0 Å². The van der Waals surface area contributed by atoms with E-state index in [1.807, 2.05) is 0 Å². The lowest BCUT2D eigenvalue weighted by atomic mass is 9.97. The molecule has 2 unspecified atom stereocenters. The smallest absolute Gasteiger partial charge is 0.0661 e. The second kappa shape index (κ2) is 5.04. The Morgan fingerprint density at radius 2 is 1.64 bits per heavy atom. The minimum Gasteiger partial charge on any atom is -0.392 e. The molecule has 0 aromatic carbocycles. The van der Waals surface area contributed by atoms with Gasteiger partial charge in [-0.15, -0.1) is 0 Å². The SMILES string of the molecule is CC(C)CC(O)C(S)C(C)C. The summed E-state index contributed by atoms with van der Waals surface area (Å²) < 4.78 is 0. The van der Waals surface area contributed by atoms with Gasteiger partial charge in [0.25, 0.3) is 0 Å². The van der Waals surface area contributed by atoms with Gasteiger partial charge >= 0.3 is 0 Å². The van der Waals surface area contributed by atoms with Crippen LogP contribution in [0.3, 0.4) is 0 Å². The minimum atomic E-state index is -0.252. The Bertz CT molecular complexity index is 102. The highest BCUT2D eigenvalue weighted by Gasteiger charge is 2.18. The number of aliphatic hydroxyl groups excluding tert-OH is 1. The van der Waals surface area contributed by atoms with Gasteiger partial charge in [0.05, 0.1) is 6.10 Å². The maximum Gasteiger partial charge on any atom is 0.0661 e. The summed E-state index contributed by atoms with van der Waals surface area (Å²) in [5, 5.41) is 9.70. The van der Waals surface area contributed by atoms with Crippen molar-refractivity contribution in [3.05, 3.63) is 0 Å². The zero-order valence-electron chi connectivity index (χ0n) is 7.91. The molecule has 0 radical (unpaired) electrons. The van der Waals surface area contributed by atoms with Crippen molar-refractivity contribution in [1.29, 1.82) is 0 Å².